The molecule has 1 aliphatic rings. The molecular weight excluding hydrogens is 356 g/mol. The summed E-state index contributed by atoms with van der Waals surface area (Å²) in [5.41, 5.74) is -0.203. The van der Waals surface area contributed by atoms with Gasteiger partial charge in [-0.2, -0.15) is 0 Å². The van der Waals surface area contributed by atoms with Crippen molar-refractivity contribution in [3.63, 3.8) is 0 Å². The topological polar surface area (TPSA) is 68.3 Å². The Morgan fingerprint density at radius 3 is 2.72 bits per heavy atom. The van der Waals surface area contributed by atoms with Crippen molar-refractivity contribution in [1.82, 2.24) is 10.3 Å². The lowest BCUT2D eigenvalue weighted by Crippen LogP contribution is -2.56. The number of nitrogens with one attached hydrogen (secondary N) is 1. The highest BCUT2D eigenvalue weighted by atomic mass is 32.1. The van der Waals surface area contributed by atoms with Crippen molar-refractivity contribution in [3.05, 3.63) is 28.1 Å². The molecule has 1 fully saturated rings. The summed E-state index contributed by atoms with van der Waals surface area (Å²) in [6.45, 7) is 3.94. The molecule has 0 spiro atoms. The molecule has 2 aromatic rings. The minimum Gasteiger partial charge on any atom is -0.464 e. The number of rotatable bonds is 5. The molecule has 0 unspecified atom stereocenters. The molecule has 2 aromatic heterocycles. The Balaban J connectivity index is 1.83. The second kappa shape index (κ2) is 7.66. The maximum atomic E-state index is 12.9. The first kappa shape index (κ1) is 18.1. The van der Waals surface area contributed by atoms with Gasteiger partial charge in [0.2, 0.25) is 0 Å². The third-order valence-corrected chi connectivity index (χ3v) is 6.66. The van der Waals surface area contributed by atoms with Gasteiger partial charge >= 0.3 is 5.97 Å². The van der Waals surface area contributed by atoms with Gasteiger partial charge in [0.05, 0.1) is 17.2 Å². The van der Waals surface area contributed by atoms with Crippen molar-refractivity contribution in [2.45, 2.75) is 51.5 Å². The number of hydrogen-bond donors (Lipinski definition) is 1. The number of esters is 1. The number of thiazole rings is 1. The van der Waals surface area contributed by atoms with Crippen LogP contribution in [0.4, 0.5) is 0 Å². The summed E-state index contributed by atoms with van der Waals surface area (Å²) in [7, 11) is 0. The molecule has 1 aliphatic carbocycles. The number of ether oxygens (including phenoxy) is 1. The molecule has 0 aromatic carbocycles. The van der Waals surface area contributed by atoms with Crippen LogP contribution in [0.5, 0.6) is 0 Å². The van der Waals surface area contributed by atoms with Crippen LogP contribution in [0.15, 0.2) is 17.5 Å². The van der Waals surface area contributed by atoms with Crippen molar-refractivity contribution in [2.75, 3.05) is 6.61 Å². The Morgan fingerprint density at radius 1 is 1.32 bits per heavy atom. The molecular formula is C18H22N2O3S2. The van der Waals surface area contributed by atoms with Gasteiger partial charge in [-0.3, -0.25) is 4.79 Å². The number of nitrogens with zero attached hydrogens (tertiary/aromatic N) is 1. The lowest BCUT2D eigenvalue weighted by Gasteiger charge is -2.35. The Labute approximate surface area is 155 Å². The van der Waals surface area contributed by atoms with Gasteiger partial charge in [0.1, 0.15) is 15.4 Å². The smallest absolute Gasteiger partial charge is 0.331 e. The summed E-state index contributed by atoms with van der Waals surface area (Å²) in [6.07, 6.45) is 4.18. The first-order valence-corrected chi connectivity index (χ1v) is 10.3. The zero-order valence-electron chi connectivity index (χ0n) is 14.5. The zero-order valence-corrected chi connectivity index (χ0v) is 16.1. The number of aryl methyl sites for hydroxylation is 1. The molecule has 0 saturated heterocycles. The Hall–Kier alpha value is -1.73. The molecule has 7 heteroatoms. The fourth-order valence-electron chi connectivity index (χ4n) is 3.19. The van der Waals surface area contributed by atoms with E-state index in [1.54, 1.807) is 18.3 Å². The molecule has 0 bridgehead atoms. The summed E-state index contributed by atoms with van der Waals surface area (Å²) < 4.78 is 5.25. The number of aromatic nitrogens is 1. The first-order chi connectivity index (χ1) is 12.1. The Kier molecular flexibility index (Phi) is 5.54. The van der Waals surface area contributed by atoms with Crippen LogP contribution in [0, 0.1) is 6.92 Å². The maximum absolute atomic E-state index is 12.9. The number of thiophene rings is 1. The highest BCUT2D eigenvalue weighted by Gasteiger charge is 2.42. The number of carbonyl (C=O) groups excluding carboxylic acids is 2. The van der Waals surface area contributed by atoms with Crippen LogP contribution in [0.1, 0.15) is 54.4 Å². The Morgan fingerprint density at radius 2 is 2.08 bits per heavy atom. The molecule has 2 heterocycles. The Bertz CT molecular complexity index is 746. The van der Waals surface area contributed by atoms with E-state index in [1.807, 2.05) is 24.4 Å². The summed E-state index contributed by atoms with van der Waals surface area (Å²) in [5.74, 6) is -0.545. The largest absolute Gasteiger partial charge is 0.464 e. The minimum atomic E-state index is -0.898. The van der Waals surface area contributed by atoms with E-state index < -0.39 is 5.54 Å². The maximum Gasteiger partial charge on any atom is 0.331 e. The lowest BCUT2D eigenvalue weighted by molar-refractivity contribution is -0.152. The van der Waals surface area contributed by atoms with E-state index in [0.29, 0.717) is 30.0 Å². The van der Waals surface area contributed by atoms with Gasteiger partial charge in [-0.1, -0.05) is 25.3 Å². The molecule has 0 aliphatic heterocycles. The van der Waals surface area contributed by atoms with Crippen molar-refractivity contribution in [3.8, 4) is 9.88 Å². The fourth-order valence-corrected chi connectivity index (χ4v) is 4.95. The van der Waals surface area contributed by atoms with Gasteiger partial charge in [-0.25, -0.2) is 9.78 Å². The third kappa shape index (κ3) is 3.77. The van der Waals surface area contributed by atoms with Crippen LogP contribution in [-0.4, -0.2) is 29.0 Å². The average Bonchev–Trinajstić information content (AvgIpc) is 3.25. The summed E-state index contributed by atoms with van der Waals surface area (Å²) in [6, 6.07) is 3.96. The van der Waals surface area contributed by atoms with E-state index in [1.165, 1.54) is 11.3 Å². The van der Waals surface area contributed by atoms with E-state index in [9.17, 15) is 9.59 Å². The van der Waals surface area contributed by atoms with Gasteiger partial charge in [0.25, 0.3) is 5.91 Å². The third-order valence-electron chi connectivity index (χ3n) is 4.46. The van der Waals surface area contributed by atoms with Gasteiger partial charge in [0.15, 0.2) is 0 Å². The van der Waals surface area contributed by atoms with Gasteiger partial charge in [-0.15, -0.1) is 22.7 Å². The van der Waals surface area contributed by atoms with Crippen LogP contribution in [0.3, 0.4) is 0 Å². The SMILES string of the molecule is CCOC(=O)C1(NC(=O)c2sc(-c3cccs3)nc2C)CCCCC1. The van der Waals surface area contributed by atoms with E-state index in [4.69, 9.17) is 4.74 Å². The minimum absolute atomic E-state index is 0.229. The van der Waals surface area contributed by atoms with Crippen LogP contribution >= 0.6 is 22.7 Å². The average molecular weight is 379 g/mol. The summed E-state index contributed by atoms with van der Waals surface area (Å²) in [5, 5.41) is 5.82. The van der Waals surface area contributed by atoms with Gasteiger partial charge in [-0.05, 0) is 38.1 Å². The van der Waals surface area contributed by atoms with Crippen molar-refractivity contribution in [1.29, 1.82) is 0 Å². The number of carbonyl (C=O) groups is 2. The van der Waals surface area contributed by atoms with E-state index in [0.717, 1.165) is 29.1 Å². The molecule has 5 nitrogen and oxygen atoms in total. The molecule has 0 atom stereocenters. The highest BCUT2D eigenvalue weighted by molar-refractivity contribution is 7.22. The monoisotopic (exact) mass is 378 g/mol. The van der Waals surface area contributed by atoms with Gasteiger partial charge < -0.3 is 10.1 Å². The van der Waals surface area contributed by atoms with Crippen molar-refractivity contribution >= 4 is 34.6 Å². The van der Waals surface area contributed by atoms with E-state index in [-0.39, 0.29) is 11.9 Å². The van der Waals surface area contributed by atoms with Crippen LogP contribution < -0.4 is 5.32 Å². The van der Waals surface area contributed by atoms with Crippen molar-refractivity contribution < 1.29 is 14.3 Å². The second-order valence-corrected chi connectivity index (χ2v) is 8.17. The van der Waals surface area contributed by atoms with E-state index >= 15 is 0 Å². The predicted molar refractivity (Wildman–Crippen MR) is 100 cm³/mol. The quantitative estimate of drug-likeness (QED) is 0.793. The summed E-state index contributed by atoms with van der Waals surface area (Å²) in [4.78, 5) is 31.5. The first-order valence-electron chi connectivity index (χ1n) is 8.57. The normalized spacial score (nSPS) is 16.4. The summed E-state index contributed by atoms with van der Waals surface area (Å²) >= 11 is 2.97. The highest BCUT2D eigenvalue weighted by Crippen LogP contribution is 2.33. The molecule has 1 saturated carbocycles. The molecule has 25 heavy (non-hydrogen) atoms. The molecule has 1 amide bonds. The molecule has 1 N–H and O–H groups in total. The lowest BCUT2D eigenvalue weighted by atomic mass is 9.81. The zero-order chi connectivity index (χ0) is 17.9. The van der Waals surface area contributed by atoms with Crippen LogP contribution in [-0.2, 0) is 9.53 Å². The standard InChI is InChI=1S/C18H22N2O3S2/c1-3-23-17(22)18(9-5-4-6-10-18)20-15(21)14-12(2)19-16(25-14)13-8-7-11-24-13/h7-8,11H,3-6,9-10H2,1-2H3,(H,20,21). The molecule has 3 rings (SSSR count). The van der Waals surface area contributed by atoms with E-state index in [2.05, 4.69) is 10.3 Å². The fraction of sp³-hybridized carbons (Fsp3) is 0.500. The van der Waals surface area contributed by atoms with Crippen LogP contribution in [0.25, 0.3) is 9.88 Å². The molecule has 0 radical (unpaired) electrons. The number of amides is 1. The molecule has 134 valence electrons. The van der Waals surface area contributed by atoms with Gasteiger partial charge in [0, 0.05) is 0 Å². The van der Waals surface area contributed by atoms with Crippen molar-refractivity contribution in [2.24, 2.45) is 0 Å². The second-order valence-electron chi connectivity index (χ2n) is 6.23. The number of hydrogen-bond acceptors (Lipinski definition) is 6. The predicted octanol–water partition coefficient (Wildman–Crippen LogP) is 4.18. The van der Waals surface area contributed by atoms with Crippen LogP contribution in [0.2, 0.25) is 0 Å².